The molecule has 0 bridgehead atoms. The van der Waals surface area contributed by atoms with Gasteiger partial charge in [-0.3, -0.25) is 4.79 Å². The second-order valence-corrected chi connectivity index (χ2v) is 3.00. The lowest BCUT2D eigenvalue weighted by Gasteiger charge is -2.11. The molecule has 2 N–H and O–H groups in total. The highest BCUT2D eigenvalue weighted by atomic mass is 16.4. The predicted octanol–water partition coefficient (Wildman–Crippen LogP) is -0.642. The molecule has 1 amide bonds. The van der Waals surface area contributed by atoms with Gasteiger partial charge < -0.3 is 10.4 Å². The van der Waals surface area contributed by atoms with Gasteiger partial charge in [0.15, 0.2) is 5.81 Å². The Morgan fingerprint density at radius 3 is 2.58 bits per heavy atom. The average Bonchev–Trinajstić information content (AvgIpc) is 2.62. The molecule has 1 saturated carbocycles. The van der Waals surface area contributed by atoms with Crippen molar-refractivity contribution in [3.63, 3.8) is 0 Å². The van der Waals surface area contributed by atoms with E-state index >= 15 is 0 Å². The summed E-state index contributed by atoms with van der Waals surface area (Å²) in [5.74, 6) is -1.43. The molecule has 0 heterocycles. The van der Waals surface area contributed by atoms with Gasteiger partial charge in [0.05, 0.1) is 0 Å². The van der Waals surface area contributed by atoms with E-state index in [1.807, 2.05) is 0 Å². The molecule has 4 nitrogen and oxygen atoms in total. The van der Waals surface area contributed by atoms with Gasteiger partial charge in [-0.25, -0.2) is 4.79 Å². The predicted molar refractivity (Wildman–Crippen MR) is 45.7 cm³/mol. The highest BCUT2D eigenvalue weighted by Crippen LogP contribution is 2.44. The molecule has 0 spiro atoms. The van der Waals surface area contributed by atoms with Crippen molar-refractivity contribution < 1.29 is 14.7 Å². The van der Waals surface area contributed by atoms with E-state index in [4.69, 9.17) is 5.11 Å². The lowest BCUT2D eigenvalue weighted by atomic mass is 10.1. The van der Waals surface area contributed by atoms with Gasteiger partial charge in [0.25, 0.3) is 0 Å². The van der Waals surface area contributed by atoms with E-state index in [1.54, 1.807) is 6.08 Å². The summed E-state index contributed by atoms with van der Waals surface area (Å²) in [4.78, 5) is 21.4. The van der Waals surface area contributed by atoms with Crippen LogP contribution in [0.15, 0.2) is 12.7 Å². The summed E-state index contributed by atoms with van der Waals surface area (Å²) in [6.45, 7) is 3.49. The molecule has 0 aromatic carbocycles. The SMILES string of the molecule is BC(=O)N[C@]1(C(=O)O)C[C@H]1C=C. The van der Waals surface area contributed by atoms with E-state index < -0.39 is 11.5 Å². The van der Waals surface area contributed by atoms with Crippen LogP contribution >= 0.6 is 0 Å². The molecule has 1 rings (SSSR count). The van der Waals surface area contributed by atoms with E-state index in [-0.39, 0.29) is 11.7 Å². The Kier molecular flexibility index (Phi) is 1.96. The van der Waals surface area contributed by atoms with E-state index in [0.29, 0.717) is 6.42 Å². The number of amides is 1. The highest BCUT2D eigenvalue weighted by molar-refractivity contribution is 6.57. The van der Waals surface area contributed by atoms with Crippen LogP contribution in [0.5, 0.6) is 0 Å². The average molecular weight is 167 g/mol. The minimum atomic E-state index is -1.06. The van der Waals surface area contributed by atoms with Crippen molar-refractivity contribution in [3.8, 4) is 0 Å². The third-order valence-corrected chi connectivity index (χ3v) is 2.08. The van der Waals surface area contributed by atoms with Gasteiger partial charge in [0, 0.05) is 5.92 Å². The van der Waals surface area contributed by atoms with Crippen molar-refractivity contribution in [2.45, 2.75) is 12.0 Å². The summed E-state index contributed by atoms with van der Waals surface area (Å²) in [5, 5.41) is 11.2. The molecule has 12 heavy (non-hydrogen) atoms. The number of carbonyl (C=O) groups is 2. The summed E-state index contributed by atoms with van der Waals surface area (Å²) in [6.07, 6.45) is 2.01. The van der Waals surface area contributed by atoms with Gasteiger partial charge in [0.2, 0.25) is 7.85 Å². The van der Waals surface area contributed by atoms with Crippen molar-refractivity contribution in [3.05, 3.63) is 12.7 Å². The number of carboxylic acids is 1. The van der Waals surface area contributed by atoms with E-state index in [1.165, 1.54) is 7.85 Å². The quantitative estimate of drug-likeness (QED) is 0.433. The summed E-state index contributed by atoms with van der Waals surface area (Å²) < 4.78 is 0. The second-order valence-electron chi connectivity index (χ2n) is 3.00. The Hall–Kier alpha value is -1.26. The number of hydrogen-bond donors (Lipinski definition) is 2. The Morgan fingerprint density at radius 2 is 2.33 bits per heavy atom. The van der Waals surface area contributed by atoms with Crippen LogP contribution in [0.3, 0.4) is 0 Å². The minimum absolute atomic E-state index is 0.126. The van der Waals surface area contributed by atoms with Crippen molar-refractivity contribution >= 4 is 19.6 Å². The number of aliphatic carboxylic acids is 1. The Balaban J connectivity index is 2.71. The van der Waals surface area contributed by atoms with Crippen LogP contribution in [-0.2, 0) is 4.79 Å². The molecule has 2 atom stereocenters. The largest absolute Gasteiger partial charge is 0.479 e. The molecule has 0 aliphatic heterocycles. The zero-order valence-electron chi connectivity index (χ0n) is 6.83. The Morgan fingerprint density at radius 1 is 1.75 bits per heavy atom. The van der Waals surface area contributed by atoms with Crippen LogP contribution in [0.2, 0.25) is 0 Å². The van der Waals surface area contributed by atoms with E-state index in [9.17, 15) is 9.59 Å². The molecule has 0 radical (unpaired) electrons. The summed E-state index contributed by atoms with van der Waals surface area (Å²) in [6, 6.07) is 0. The summed E-state index contributed by atoms with van der Waals surface area (Å²) in [5.41, 5.74) is -1.06. The third-order valence-electron chi connectivity index (χ3n) is 2.08. The molecule has 1 aliphatic carbocycles. The van der Waals surface area contributed by atoms with Crippen LogP contribution in [0.25, 0.3) is 0 Å². The molecule has 5 heteroatoms. The van der Waals surface area contributed by atoms with Crippen molar-refractivity contribution in [1.29, 1.82) is 0 Å². The normalized spacial score (nSPS) is 32.2. The van der Waals surface area contributed by atoms with Gasteiger partial charge >= 0.3 is 5.97 Å². The van der Waals surface area contributed by atoms with Gasteiger partial charge in [-0.05, 0) is 6.42 Å². The van der Waals surface area contributed by atoms with Crippen LogP contribution in [0.4, 0.5) is 4.79 Å². The van der Waals surface area contributed by atoms with Gasteiger partial charge in [-0.2, -0.15) is 0 Å². The summed E-state index contributed by atoms with van der Waals surface area (Å²) >= 11 is 0. The monoisotopic (exact) mass is 167 g/mol. The lowest BCUT2D eigenvalue weighted by molar-refractivity contribution is -0.140. The Labute approximate surface area is 71.1 Å². The number of rotatable bonds is 3. The molecule has 1 fully saturated rings. The first-order chi connectivity index (χ1) is 5.53. The number of hydrogen-bond acceptors (Lipinski definition) is 2. The van der Waals surface area contributed by atoms with Crippen LogP contribution in [-0.4, -0.2) is 30.3 Å². The number of carbonyl (C=O) groups excluding carboxylic acids is 1. The second kappa shape index (κ2) is 2.66. The highest BCUT2D eigenvalue weighted by Gasteiger charge is 2.59. The first-order valence-corrected chi connectivity index (χ1v) is 3.67. The maximum Gasteiger partial charge on any atom is 0.330 e. The molecular formula is C7H10BNO3. The molecule has 1 aliphatic rings. The van der Waals surface area contributed by atoms with Crippen molar-refractivity contribution in [1.82, 2.24) is 5.32 Å². The molecule has 0 unspecified atom stereocenters. The molecule has 0 aromatic heterocycles. The maximum absolute atomic E-state index is 10.7. The van der Waals surface area contributed by atoms with Crippen molar-refractivity contribution in [2.24, 2.45) is 5.92 Å². The third kappa shape index (κ3) is 1.22. The smallest absolute Gasteiger partial charge is 0.330 e. The Bertz CT molecular complexity index is 253. The maximum atomic E-state index is 10.7. The van der Waals surface area contributed by atoms with Crippen LogP contribution in [0, 0.1) is 5.92 Å². The van der Waals surface area contributed by atoms with Crippen LogP contribution < -0.4 is 5.32 Å². The van der Waals surface area contributed by atoms with Gasteiger partial charge in [-0.1, -0.05) is 6.08 Å². The van der Waals surface area contributed by atoms with Gasteiger partial charge in [-0.15, -0.1) is 6.58 Å². The van der Waals surface area contributed by atoms with Crippen molar-refractivity contribution in [2.75, 3.05) is 0 Å². The fourth-order valence-corrected chi connectivity index (χ4v) is 1.33. The van der Waals surface area contributed by atoms with E-state index in [2.05, 4.69) is 11.9 Å². The lowest BCUT2D eigenvalue weighted by Crippen LogP contribution is -2.44. The molecule has 0 saturated heterocycles. The molecule has 64 valence electrons. The fourth-order valence-electron chi connectivity index (χ4n) is 1.33. The number of carboxylic acid groups (broad SMARTS) is 1. The molecule has 0 aromatic rings. The summed E-state index contributed by atoms with van der Waals surface area (Å²) in [7, 11) is 1.31. The zero-order chi connectivity index (χ0) is 9.35. The first-order valence-electron chi connectivity index (χ1n) is 3.67. The first kappa shape index (κ1) is 8.84. The van der Waals surface area contributed by atoms with Crippen LogP contribution in [0.1, 0.15) is 6.42 Å². The minimum Gasteiger partial charge on any atom is -0.479 e. The van der Waals surface area contributed by atoms with E-state index in [0.717, 1.165) is 0 Å². The zero-order valence-corrected chi connectivity index (χ0v) is 6.83. The standard InChI is InChI=1S/C7H10BNO3/c1-2-4-3-7(4,5(10)11)9-6(8)12/h2,4H,1,3,8H2,(H,9,12)(H,10,11)/t4-,7-/m1/s1. The number of nitrogens with one attached hydrogen (secondary N) is 1. The fraction of sp³-hybridized carbons (Fsp3) is 0.429. The van der Waals surface area contributed by atoms with Gasteiger partial charge in [0.1, 0.15) is 5.54 Å². The topological polar surface area (TPSA) is 66.4 Å². The molecular weight excluding hydrogens is 157 g/mol.